The molecule has 0 bridgehead atoms. The number of carboxylic acid groups (broad SMARTS) is 1. The van der Waals surface area contributed by atoms with Crippen LogP contribution in [0.2, 0.25) is 0 Å². The van der Waals surface area contributed by atoms with Crippen molar-refractivity contribution in [2.75, 3.05) is 13.1 Å². The van der Waals surface area contributed by atoms with Crippen LogP contribution in [0.5, 0.6) is 0 Å². The SMILES string of the molecule is CCCCCCCCCCCC(=O)NCC(=O)NCC(=O)NC(C)C(=O)O. The molecule has 0 aliphatic rings. The third kappa shape index (κ3) is 15.8. The minimum atomic E-state index is -1.15. The Morgan fingerprint density at radius 3 is 1.78 bits per heavy atom. The summed E-state index contributed by atoms with van der Waals surface area (Å²) in [6.45, 7) is 3.01. The molecule has 0 aromatic heterocycles. The minimum absolute atomic E-state index is 0.183. The van der Waals surface area contributed by atoms with Crippen molar-refractivity contribution in [1.82, 2.24) is 16.0 Å². The van der Waals surface area contributed by atoms with E-state index in [1.54, 1.807) is 0 Å². The van der Waals surface area contributed by atoms with Crippen LogP contribution in [0.4, 0.5) is 0 Å². The fourth-order valence-corrected chi connectivity index (χ4v) is 2.46. The third-order valence-electron chi connectivity index (χ3n) is 4.15. The molecule has 0 fully saturated rings. The molecular formula is C19H35N3O5. The monoisotopic (exact) mass is 385 g/mol. The molecule has 0 aliphatic carbocycles. The van der Waals surface area contributed by atoms with Crippen LogP contribution in [-0.2, 0) is 19.2 Å². The number of amides is 3. The Morgan fingerprint density at radius 2 is 1.22 bits per heavy atom. The molecule has 0 heterocycles. The topological polar surface area (TPSA) is 125 Å². The molecule has 8 nitrogen and oxygen atoms in total. The molecule has 0 aliphatic heterocycles. The average molecular weight is 386 g/mol. The van der Waals surface area contributed by atoms with Crippen LogP contribution in [0.1, 0.15) is 78.1 Å². The van der Waals surface area contributed by atoms with Crippen LogP contribution in [0, 0.1) is 0 Å². The second kappa shape index (κ2) is 16.1. The van der Waals surface area contributed by atoms with Gasteiger partial charge in [-0.2, -0.15) is 0 Å². The van der Waals surface area contributed by atoms with Crippen molar-refractivity contribution in [3.05, 3.63) is 0 Å². The van der Waals surface area contributed by atoms with Crippen molar-refractivity contribution in [3.63, 3.8) is 0 Å². The zero-order valence-electron chi connectivity index (χ0n) is 16.6. The number of hydrogen-bond acceptors (Lipinski definition) is 4. The molecule has 0 radical (unpaired) electrons. The molecule has 0 aromatic carbocycles. The highest BCUT2D eigenvalue weighted by atomic mass is 16.4. The molecule has 0 spiro atoms. The van der Waals surface area contributed by atoms with E-state index < -0.39 is 23.8 Å². The first kappa shape index (κ1) is 24.9. The normalized spacial score (nSPS) is 11.5. The number of carbonyl (C=O) groups is 4. The lowest BCUT2D eigenvalue weighted by Crippen LogP contribution is -2.45. The number of unbranched alkanes of at least 4 members (excludes halogenated alkanes) is 8. The maximum Gasteiger partial charge on any atom is 0.325 e. The van der Waals surface area contributed by atoms with Crippen molar-refractivity contribution in [2.45, 2.75) is 84.1 Å². The smallest absolute Gasteiger partial charge is 0.325 e. The quantitative estimate of drug-likeness (QED) is 0.301. The Balaban J connectivity index is 3.59. The molecule has 0 saturated heterocycles. The molecule has 27 heavy (non-hydrogen) atoms. The van der Waals surface area contributed by atoms with Crippen molar-refractivity contribution in [3.8, 4) is 0 Å². The average Bonchev–Trinajstić information content (AvgIpc) is 2.63. The molecular weight excluding hydrogens is 350 g/mol. The zero-order valence-corrected chi connectivity index (χ0v) is 16.6. The summed E-state index contributed by atoms with van der Waals surface area (Å²) in [7, 11) is 0. The lowest BCUT2D eigenvalue weighted by Gasteiger charge is -2.10. The van der Waals surface area contributed by atoms with E-state index in [1.165, 1.54) is 45.4 Å². The number of carbonyl (C=O) groups excluding carboxylic acids is 3. The lowest BCUT2D eigenvalue weighted by molar-refractivity contribution is -0.141. The highest BCUT2D eigenvalue weighted by Gasteiger charge is 2.14. The van der Waals surface area contributed by atoms with Crippen molar-refractivity contribution >= 4 is 23.7 Å². The second-order valence-corrected chi connectivity index (χ2v) is 6.76. The van der Waals surface area contributed by atoms with Gasteiger partial charge in [-0.05, 0) is 13.3 Å². The van der Waals surface area contributed by atoms with Gasteiger partial charge in [0.1, 0.15) is 6.04 Å². The molecule has 4 N–H and O–H groups in total. The summed E-state index contributed by atoms with van der Waals surface area (Å²) in [4.78, 5) is 45.3. The summed E-state index contributed by atoms with van der Waals surface area (Å²) in [5.41, 5.74) is 0. The maximum absolute atomic E-state index is 11.7. The number of aliphatic carboxylic acids is 1. The zero-order chi connectivity index (χ0) is 20.5. The molecule has 0 saturated carbocycles. The van der Waals surface area contributed by atoms with Gasteiger partial charge in [0.2, 0.25) is 17.7 Å². The van der Waals surface area contributed by atoms with E-state index in [2.05, 4.69) is 22.9 Å². The van der Waals surface area contributed by atoms with E-state index in [0.29, 0.717) is 6.42 Å². The number of rotatable bonds is 16. The highest BCUT2D eigenvalue weighted by Crippen LogP contribution is 2.10. The van der Waals surface area contributed by atoms with Crippen LogP contribution >= 0.6 is 0 Å². The van der Waals surface area contributed by atoms with E-state index >= 15 is 0 Å². The van der Waals surface area contributed by atoms with E-state index in [1.807, 2.05) is 0 Å². The van der Waals surface area contributed by atoms with Gasteiger partial charge in [-0.25, -0.2) is 0 Å². The molecule has 1 atom stereocenters. The predicted octanol–water partition coefficient (Wildman–Crippen LogP) is 1.73. The first-order valence-electron chi connectivity index (χ1n) is 9.92. The Morgan fingerprint density at radius 1 is 0.741 bits per heavy atom. The van der Waals surface area contributed by atoms with Crippen LogP contribution in [0.3, 0.4) is 0 Å². The first-order valence-corrected chi connectivity index (χ1v) is 9.92. The van der Waals surface area contributed by atoms with Gasteiger partial charge >= 0.3 is 5.97 Å². The summed E-state index contributed by atoms with van der Waals surface area (Å²) in [6, 6.07) is -1.02. The Kier molecular flexibility index (Phi) is 14.8. The fraction of sp³-hybridized carbons (Fsp3) is 0.789. The van der Waals surface area contributed by atoms with Gasteiger partial charge < -0.3 is 21.1 Å². The Bertz CT molecular complexity index is 468. The fourth-order valence-electron chi connectivity index (χ4n) is 2.46. The minimum Gasteiger partial charge on any atom is -0.480 e. The summed E-state index contributed by atoms with van der Waals surface area (Å²) in [6.07, 6.45) is 10.9. The van der Waals surface area contributed by atoms with Crippen LogP contribution < -0.4 is 16.0 Å². The summed E-state index contributed by atoms with van der Waals surface area (Å²) >= 11 is 0. The molecule has 0 rings (SSSR count). The van der Waals surface area contributed by atoms with Gasteiger partial charge in [-0.3, -0.25) is 19.2 Å². The predicted molar refractivity (Wildman–Crippen MR) is 103 cm³/mol. The van der Waals surface area contributed by atoms with Gasteiger partial charge in [-0.1, -0.05) is 58.3 Å². The number of hydrogen-bond donors (Lipinski definition) is 4. The van der Waals surface area contributed by atoms with Gasteiger partial charge in [-0.15, -0.1) is 0 Å². The van der Waals surface area contributed by atoms with Crippen molar-refractivity contribution in [1.29, 1.82) is 0 Å². The Labute approximate surface area is 161 Å². The second-order valence-electron chi connectivity index (χ2n) is 6.76. The molecule has 156 valence electrons. The largest absolute Gasteiger partial charge is 0.480 e. The van der Waals surface area contributed by atoms with Crippen molar-refractivity contribution < 1.29 is 24.3 Å². The molecule has 1 unspecified atom stereocenters. The summed E-state index contributed by atoms with van der Waals surface area (Å²) in [5.74, 6) is -2.43. The van der Waals surface area contributed by atoms with Gasteiger partial charge in [0.05, 0.1) is 13.1 Å². The molecule has 0 aromatic rings. The first-order chi connectivity index (χ1) is 12.9. The van der Waals surface area contributed by atoms with Gasteiger partial charge in [0.25, 0.3) is 0 Å². The summed E-state index contributed by atoms with van der Waals surface area (Å²) in [5, 5.41) is 15.7. The van der Waals surface area contributed by atoms with Gasteiger partial charge in [0, 0.05) is 6.42 Å². The molecule has 8 heteroatoms. The molecule has 3 amide bonds. The maximum atomic E-state index is 11.7. The highest BCUT2D eigenvalue weighted by molar-refractivity contribution is 5.89. The number of nitrogens with one attached hydrogen (secondary N) is 3. The van der Waals surface area contributed by atoms with Crippen LogP contribution in [0.25, 0.3) is 0 Å². The Hall–Kier alpha value is -2.12. The van der Waals surface area contributed by atoms with Crippen LogP contribution in [0.15, 0.2) is 0 Å². The van der Waals surface area contributed by atoms with E-state index in [-0.39, 0.29) is 19.0 Å². The standard InChI is InChI=1S/C19H35N3O5/c1-3-4-5-6-7-8-9-10-11-12-16(23)20-13-17(24)21-14-18(25)22-15(2)19(26)27/h15H,3-14H2,1-2H3,(H,20,23)(H,21,24)(H,22,25)(H,26,27). The van der Waals surface area contributed by atoms with Gasteiger partial charge in [0.15, 0.2) is 0 Å². The van der Waals surface area contributed by atoms with E-state index in [4.69, 9.17) is 5.11 Å². The summed E-state index contributed by atoms with van der Waals surface area (Å²) < 4.78 is 0. The third-order valence-corrected chi connectivity index (χ3v) is 4.15. The van der Waals surface area contributed by atoms with Crippen LogP contribution in [-0.4, -0.2) is 47.9 Å². The number of carboxylic acids is 1. The van der Waals surface area contributed by atoms with E-state index in [0.717, 1.165) is 19.3 Å². The van der Waals surface area contributed by atoms with E-state index in [9.17, 15) is 19.2 Å². The van der Waals surface area contributed by atoms with Crippen molar-refractivity contribution in [2.24, 2.45) is 0 Å². The lowest BCUT2D eigenvalue weighted by atomic mass is 10.1.